The van der Waals surface area contributed by atoms with Crippen molar-refractivity contribution >= 4 is 11.6 Å². The molecule has 0 saturated carbocycles. The van der Waals surface area contributed by atoms with E-state index in [1.165, 1.54) is 38.5 Å². The maximum Gasteiger partial charge on any atom is 0.285 e. The number of rotatable bonds is 19. The summed E-state index contributed by atoms with van der Waals surface area (Å²) < 4.78 is 18.2. The highest BCUT2D eigenvalue weighted by atomic mass is 35.5. The van der Waals surface area contributed by atoms with Crippen molar-refractivity contribution in [3.63, 3.8) is 0 Å². The van der Waals surface area contributed by atoms with Crippen LogP contribution in [0, 0.1) is 5.92 Å². The summed E-state index contributed by atoms with van der Waals surface area (Å²) in [7, 11) is 0. The topological polar surface area (TPSA) is 27.7 Å². The van der Waals surface area contributed by atoms with Crippen molar-refractivity contribution in [2.45, 2.75) is 104 Å². The van der Waals surface area contributed by atoms with Gasteiger partial charge in [0.05, 0.1) is 0 Å². The van der Waals surface area contributed by atoms with E-state index in [-0.39, 0.29) is 5.92 Å². The fourth-order valence-electron chi connectivity index (χ4n) is 3.41. The van der Waals surface area contributed by atoms with Crippen molar-refractivity contribution in [2.75, 3.05) is 25.7 Å². The lowest BCUT2D eigenvalue weighted by atomic mass is 9.92. The Hall–Kier alpha value is 0.170. The number of alkyl halides is 1. The highest BCUT2D eigenvalue weighted by Crippen LogP contribution is 2.34. The molecular formula is C21H43ClO3. The van der Waals surface area contributed by atoms with Crippen LogP contribution in [-0.4, -0.2) is 31.7 Å². The second-order valence-corrected chi connectivity index (χ2v) is 7.07. The Kier molecular flexibility index (Phi) is 17.7. The van der Waals surface area contributed by atoms with Gasteiger partial charge in [-0.3, -0.25) is 0 Å². The van der Waals surface area contributed by atoms with Gasteiger partial charge in [-0.25, -0.2) is 0 Å². The average Bonchev–Trinajstić information content (AvgIpc) is 2.60. The molecular weight excluding hydrogens is 336 g/mol. The number of halogens is 1. The van der Waals surface area contributed by atoms with E-state index in [2.05, 4.69) is 6.92 Å². The van der Waals surface area contributed by atoms with Crippen LogP contribution in [0.25, 0.3) is 0 Å². The molecule has 0 aromatic rings. The monoisotopic (exact) mass is 378 g/mol. The van der Waals surface area contributed by atoms with Gasteiger partial charge in [-0.15, -0.1) is 11.6 Å². The number of hydrogen-bond donors (Lipinski definition) is 0. The van der Waals surface area contributed by atoms with E-state index in [0.29, 0.717) is 19.8 Å². The molecule has 0 fully saturated rings. The van der Waals surface area contributed by atoms with E-state index in [4.69, 9.17) is 25.8 Å². The Bertz CT molecular complexity index is 257. The molecule has 25 heavy (non-hydrogen) atoms. The summed E-state index contributed by atoms with van der Waals surface area (Å²) >= 11 is 5.83. The zero-order valence-corrected chi connectivity index (χ0v) is 18.0. The van der Waals surface area contributed by atoms with Gasteiger partial charge in [-0.1, -0.05) is 58.3 Å². The van der Waals surface area contributed by atoms with Gasteiger partial charge in [0.25, 0.3) is 5.97 Å². The highest BCUT2D eigenvalue weighted by molar-refractivity contribution is 6.17. The lowest BCUT2D eigenvalue weighted by Crippen LogP contribution is -2.46. The Morgan fingerprint density at radius 3 is 1.52 bits per heavy atom. The van der Waals surface area contributed by atoms with E-state index in [9.17, 15) is 0 Å². The smallest absolute Gasteiger partial charge is 0.285 e. The van der Waals surface area contributed by atoms with Crippen LogP contribution in [0.5, 0.6) is 0 Å². The third-order valence-corrected chi connectivity index (χ3v) is 4.90. The van der Waals surface area contributed by atoms with E-state index in [0.717, 1.165) is 38.0 Å². The van der Waals surface area contributed by atoms with Crippen LogP contribution < -0.4 is 0 Å². The maximum atomic E-state index is 6.05. The Labute approximate surface area is 162 Å². The largest absolute Gasteiger partial charge is 0.328 e. The van der Waals surface area contributed by atoms with Crippen molar-refractivity contribution in [3.8, 4) is 0 Å². The Morgan fingerprint density at radius 2 is 1.08 bits per heavy atom. The van der Waals surface area contributed by atoms with Crippen LogP contribution in [0.2, 0.25) is 0 Å². The molecule has 0 spiro atoms. The van der Waals surface area contributed by atoms with Crippen LogP contribution >= 0.6 is 11.6 Å². The first-order valence-corrected chi connectivity index (χ1v) is 11.2. The van der Waals surface area contributed by atoms with E-state index < -0.39 is 5.97 Å². The fraction of sp³-hybridized carbons (Fsp3) is 1.00. The molecule has 1 atom stereocenters. The molecule has 0 aliphatic rings. The van der Waals surface area contributed by atoms with Crippen LogP contribution in [0.3, 0.4) is 0 Å². The van der Waals surface area contributed by atoms with Crippen LogP contribution in [-0.2, 0) is 14.2 Å². The minimum Gasteiger partial charge on any atom is -0.328 e. The van der Waals surface area contributed by atoms with Gasteiger partial charge in [0.15, 0.2) is 0 Å². The highest BCUT2D eigenvalue weighted by Gasteiger charge is 2.41. The van der Waals surface area contributed by atoms with Gasteiger partial charge in [0.1, 0.15) is 0 Å². The first kappa shape index (κ1) is 25.2. The first-order chi connectivity index (χ1) is 12.2. The van der Waals surface area contributed by atoms with E-state index >= 15 is 0 Å². The van der Waals surface area contributed by atoms with Crippen molar-refractivity contribution in [1.82, 2.24) is 0 Å². The summed E-state index contributed by atoms with van der Waals surface area (Å²) in [6.07, 6.45) is 13.4. The maximum absolute atomic E-state index is 6.05. The van der Waals surface area contributed by atoms with Crippen molar-refractivity contribution in [3.05, 3.63) is 0 Å². The third kappa shape index (κ3) is 11.5. The molecule has 0 aromatic heterocycles. The first-order valence-electron chi connectivity index (χ1n) is 10.7. The zero-order valence-electron chi connectivity index (χ0n) is 17.3. The average molecular weight is 379 g/mol. The normalized spacial score (nSPS) is 13.3. The van der Waals surface area contributed by atoms with Crippen molar-refractivity contribution in [1.29, 1.82) is 0 Å². The molecule has 152 valence electrons. The summed E-state index contributed by atoms with van der Waals surface area (Å²) in [4.78, 5) is 0. The molecule has 0 N–H and O–H groups in total. The molecule has 0 heterocycles. The second kappa shape index (κ2) is 17.6. The molecule has 0 saturated heterocycles. The summed E-state index contributed by atoms with van der Waals surface area (Å²) in [5, 5.41) is 0. The van der Waals surface area contributed by atoms with Crippen molar-refractivity contribution < 1.29 is 14.2 Å². The second-order valence-electron chi connectivity index (χ2n) is 6.69. The van der Waals surface area contributed by atoms with Gasteiger partial charge >= 0.3 is 0 Å². The summed E-state index contributed by atoms with van der Waals surface area (Å²) in [5.41, 5.74) is 0. The Morgan fingerprint density at radius 1 is 0.640 bits per heavy atom. The predicted molar refractivity (Wildman–Crippen MR) is 108 cm³/mol. The van der Waals surface area contributed by atoms with Gasteiger partial charge in [-0.2, -0.15) is 0 Å². The van der Waals surface area contributed by atoms with Crippen LogP contribution in [0.1, 0.15) is 98.3 Å². The molecule has 0 aliphatic heterocycles. The van der Waals surface area contributed by atoms with Gasteiger partial charge in [0, 0.05) is 31.6 Å². The SMILES string of the molecule is CCCCCCCCC(CCCCCCl)C(OCC)(OCC)OCC. The van der Waals surface area contributed by atoms with Gasteiger partial charge < -0.3 is 14.2 Å². The molecule has 4 heteroatoms. The number of unbranched alkanes of at least 4 members (excludes halogenated alkanes) is 7. The lowest BCUT2D eigenvalue weighted by Gasteiger charge is -2.39. The molecule has 0 aliphatic carbocycles. The van der Waals surface area contributed by atoms with Gasteiger partial charge in [-0.05, 0) is 40.0 Å². The molecule has 0 bridgehead atoms. The molecule has 3 nitrogen and oxygen atoms in total. The van der Waals surface area contributed by atoms with Gasteiger partial charge in [0.2, 0.25) is 0 Å². The predicted octanol–water partition coefficient (Wildman–Crippen LogP) is 6.92. The molecule has 0 amide bonds. The summed E-state index contributed by atoms with van der Waals surface area (Å²) in [5.74, 6) is 0.159. The molecule has 0 rings (SSSR count). The minimum atomic E-state index is -0.872. The van der Waals surface area contributed by atoms with E-state index in [1.54, 1.807) is 0 Å². The standard InChI is InChI=1S/C21H43ClO3/c1-5-9-10-11-12-14-17-20(18-15-13-16-19-22)21(23-6-2,24-7-3)25-8-4/h20H,5-19H2,1-4H3. The fourth-order valence-corrected chi connectivity index (χ4v) is 3.60. The number of ether oxygens (including phenoxy) is 3. The minimum absolute atomic E-state index is 0.286. The molecule has 0 aromatic carbocycles. The summed E-state index contributed by atoms with van der Waals surface area (Å²) in [6, 6.07) is 0. The Balaban J connectivity index is 4.75. The lowest BCUT2D eigenvalue weighted by molar-refractivity contribution is -0.403. The van der Waals surface area contributed by atoms with Crippen LogP contribution in [0.15, 0.2) is 0 Å². The van der Waals surface area contributed by atoms with Crippen molar-refractivity contribution in [2.24, 2.45) is 5.92 Å². The summed E-state index contributed by atoms with van der Waals surface area (Å²) in [6.45, 7) is 10.1. The molecule has 0 radical (unpaired) electrons. The van der Waals surface area contributed by atoms with Crippen LogP contribution in [0.4, 0.5) is 0 Å². The quantitative estimate of drug-likeness (QED) is 0.139. The third-order valence-electron chi connectivity index (χ3n) is 4.63. The zero-order chi connectivity index (χ0) is 18.8. The molecule has 1 unspecified atom stereocenters. The number of hydrogen-bond acceptors (Lipinski definition) is 3. The van der Waals surface area contributed by atoms with E-state index in [1.807, 2.05) is 20.8 Å².